The van der Waals surface area contributed by atoms with Gasteiger partial charge in [-0.25, -0.2) is 9.97 Å². The van der Waals surface area contributed by atoms with Crippen molar-refractivity contribution in [2.75, 3.05) is 12.4 Å². The third-order valence-electron chi connectivity index (χ3n) is 3.76. The average molecular weight is 326 g/mol. The molecule has 3 heterocycles. The number of nitrogens with one attached hydrogen (secondary N) is 1. The molecule has 0 amide bonds. The molecular formula is C17H22N6O. The van der Waals surface area contributed by atoms with Crippen LogP contribution in [0, 0.1) is 12.8 Å². The highest BCUT2D eigenvalue weighted by molar-refractivity contribution is 5.41. The first-order chi connectivity index (χ1) is 11.6. The molecular weight excluding hydrogens is 304 g/mol. The Morgan fingerprint density at radius 1 is 1.21 bits per heavy atom. The lowest BCUT2D eigenvalue weighted by atomic mass is 10.0. The van der Waals surface area contributed by atoms with Crippen LogP contribution >= 0.6 is 0 Å². The Morgan fingerprint density at radius 3 is 2.79 bits per heavy atom. The predicted molar refractivity (Wildman–Crippen MR) is 91.7 cm³/mol. The molecule has 7 heteroatoms. The first kappa shape index (κ1) is 16.3. The van der Waals surface area contributed by atoms with E-state index in [0.29, 0.717) is 18.3 Å². The molecule has 0 aliphatic heterocycles. The van der Waals surface area contributed by atoms with E-state index in [1.807, 2.05) is 41.8 Å². The van der Waals surface area contributed by atoms with Gasteiger partial charge in [-0.2, -0.15) is 0 Å². The zero-order valence-corrected chi connectivity index (χ0v) is 14.4. The number of rotatable bonds is 6. The molecule has 3 aromatic heterocycles. The molecule has 0 bridgehead atoms. The molecule has 3 aromatic rings. The van der Waals surface area contributed by atoms with Crippen LogP contribution in [-0.4, -0.2) is 31.7 Å². The van der Waals surface area contributed by atoms with Crippen molar-refractivity contribution >= 4 is 11.5 Å². The molecule has 0 aromatic carbocycles. The second-order valence-electron chi connectivity index (χ2n) is 6.10. The molecule has 1 N–H and O–H groups in total. The molecule has 0 saturated heterocycles. The lowest BCUT2D eigenvalue weighted by Gasteiger charge is -2.22. The van der Waals surface area contributed by atoms with E-state index in [1.54, 1.807) is 7.11 Å². The number of hydrogen-bond acceptors (Lipinski definition) is 6. The fourth-order valence-electron chi connectivity index (χ4n) is 2.66. The van der Waals surface area contributed by atoms with Crippen LogP contribution in [0.4, 0.5) is 5.82 Å². The average Bonchev–Trinajstić information content (AvgIpc) is 2.96. The second-order valence-corrected chi connectivity index (χ2v) is 6.10. The maximum atomic E-state index is 5.14. The minimum Gasteiger partial charge on any atom is -0.377 e. The summed E-state index contributed by atoms with van der Waals surface area (Å²) in [7, 11) is 1.64. The topological polar surface area (TPSA) is 77.2 Å². The maximum Gasteiger partial charge on any atom is 0.160 e. The van der Waals surface area contributed by atoms with Gasteiger partial charge in [0.2, 0.25) is 0 Å². The smallest absolute Gasteiger partial charge is 0.160 e. The van der Waals surface area contributed by atoms with Gasteiger partial charge in [0.1, 0.15) is 12.4 Å². The van der Waals surface area contributed by atoms with E-state index in [2.05, 4.69) is 39.3 Å². The lowest BCUT2D eigenvalue weighted by Crippen LogP contribution is -2.21. The SMILES string of the molecule is COCc1nc(C)cc(NC(c2nnc3ccccn23)C(C)C)n1. The molecule has 0 radical (unpaired) electrons. The number of nitrogens with zero attached hydrogens (tertiary/aromatic N) is 5. The van der Waals surface area contributed by atoms with Gasteiger partial charge in [-0.05, 0) is 25.0 Å². The number of methoxy groups -OCH3 is 1. The molecule has 0 saturated carbocycles. The number of aromatic nitrogens is 5. The zero-order valence-electron chi connectivity index (χ0n) is 14.4. The molecule has 24 heavy (non-hydrogen) atoms. The van der Waals surface area contributed by atoms with Gasteiger partial charge in [-0.15, -0.1) is 10.2 Å². The van der Waals surface area contributed by atoms with E-state index < -0.39 is 0 Å². The van der Waals surface area contributed by atoms with E-state index in [9.17, 15) is 0 Å². The Kier molecular flexibility index (Phi) is 4.71. The van der Waals surface area contributed by atoms with Gasteiger partial charge in [-0.3, -0.25) is 4.40 Å². The summed E-state index contributed by atoms with van der Waals surface area (Å²) in [4.78, 5) is 8.91. The van der Waals surface area contributed by atoms with Crippen LogP contribution in [0.2, 0.25) is 0 Å². The van der Waals surface area contributed by atoms with Gasteiger partial charge in [0, 0.05) is 25.1 Å². The van der Waals surface area contributed by atoms with E-state index in [-0.39, 0.29) is 6.04 Å². The largest absolute Gasteiger partial charge is 0.377 e. The number of ether oxygens (including phenoxy) is 1. The number of fused-ring (bicyclic) bond motifs is 1. The number of anilines is 1. The summed E-state index contributed by atoms with van der Waals surface area (Å²) >= 11 is 0. The molecule has 0 aliphatic rings. The normalized spacial score (nSPS) is 12.7. The zero-order chi connectivity index (χ0) is 17.1. The Bertz CT molecular complexity index is 829. The standard InChI is InChI=1S/C17H22N6O/c1-11(2)16(17-22-21-15-7-5-6-8-23(15)17)20-13-9-12(3)18-14(19-13)10-24-4/h5-9,11,16H,10H2,1-4H3,(H,18,19,20). The van der Waals surface area contributed by atoms with Gasteiger partial charge in [0.05, 0.1) is 6.04 Å². The molecule has 0 aliphatic carbocycles. The monoisotopic (exact) mass is 326 g/mol. The molecule has 126 valence electrons. The van der Waals surface area contributed by atoms with Crippen LogP contribution in [-0.2, 0) is 11.3 Å². The molecule has 7 nitrogen and oxygen atoms in total. The van der Waals surface area contributed by atoms with Crippen molar-refractivity contribution in [3.05, 3.63) is 47.8 Å². The first-order valence-corrected chi connectivity index (χ1v) is 7.98. The summed E-state index contributed by atoms with van der Waals surface area (Å²) in [5.74, 6) is 2.60. The van der Waals surface area contributed by atoms with Gasteiger partial charge in [-0.1, -0.05) is 19.9 Å². The van der Waals surface area contributed by atoms with Crippen molar-refractivity contribution in [2.45, 2.75) is 33.4 Å². The van der Waals surface area contributed by atoms with Crippen LogP contribution in [0.25, 0.3) is 5.65 Å². The first-order valence-electron chi connectivity index (χ1n) is 7.98. The molecule has 1 unspecified atom stereocenters. The highest BCUT2D eigenvalue weighted by atomic mass is 16.5. The van der Waals surface area contributed by atoms with Crippen LogP contribution in [0.3, 0.4) is 0 Å². The second kappa shape index (κ2) is 6.92. The number of aryl methyl sites for hydroxylation is 1. The van der Waals surface area contributed by atoms with Crippen molar-refractivity contribution < 1.29 is 4.74 Å². The fraction of sp³-hybridized carbons (Fsp3) is 0.412. The summed E-state index contributed by atoms with van der Waals surface area (Å²) in [6.07, 6.45) is 1.98. The molecule has 0 fully saturated rings. The summed E-state index contributed by atoms with van der Waals surface area (Å²) in [6.45, 7) is 6.62. The van der Waals surface area contributed by atoms with E-state index in [1.165, 1.54) is 0 Å². The molecule has 3 rings (SSSR count). The van der Waals surface area contributed by atoms with E-state index >= 15 is 0 Å². The summed E-state index contributed by atoms with van der Waals surface area (Å²) in [5, 5.41) is 12.1. The van der Waals surface area contributed by atoms with Gasteiger partial charge in [0.25, 0.3) is 0 Å². The number of pyridine rings is 1. The maximum absolute atomic E-state index is 5.14. The quantitative estimate of drug-likeness (QED) is 0.750. The fourth-order valence-corrected chi connectivity index (χ4v) is 2.66. The Morgan fingerprint density at radius 2 is 2.04 bits per heavy atom. The summed E-state index contributed by atoms with van der Waals surface area (Å²) < 4.78 is 7.14. The van der Waals surface area contributed by atoms with Crippen molar-refractivity contribution in [1.82, 2.24) is 24.6 Å². The molecule has 1 atom stereocenters. The molecule has 0 spiro atoms. The van der Waals surface area contributed by atoms with Crippen LogP contribution in [0.15, 0.2) is 30.5 Å². The third-order valence-corrected chi connectivity index (χ3v) is 3.76. The highest BCUT2D eigenvalue weighted by Crippen LogP contribution is 2.25. The van der Waals surface area contributed by atoms with E-state index in [0.717, 1.165) is 23.0 Å². The highest BCUT2D eigenvalue weighted by Gasteiger charge is 2.22. The van der Waals surface area contributed by atoms with Crippen molar-refractivity contribution in [2.24, 2.45) is 5.92 Å². The van der Waals surface area contributed by atoms with Gasteiger partial charge >= 0.3 is 0 Å². The summed E-state index contributed by atoms with van der Waals surface area (Å²) in [5.41, 5.74) is 1.73. The minimum absolute atomic E-state index is 0.0212. The van der Waals surface area contributed by atoms with Crippen LogP contribution < -0.4 is 5.32 Å². The minimum atomic E-state index is -0.0212. The van der Waals surface area contributed by atoms with Crippen LogP contribution in [0.5, 0.6) is 0 Å². The van der Waals surface area contributed by atoms with Crippen molar-refractivity contribution in [3.8, 4) is 0 Å². The van der Waals surface area contributed by atoms with Crippen molar-refractivity contribution in [3.63, 3.8) is 0 Å². The Hall–Kier alpha value is -2.54. The Labute approximate surface area is 141 Å². The predicted octanol–water partition coefficient (Wildman–Crippen LogP) is 2.78. The third kappa shape index (κ3) is 3.35. The lowest BCUT2D eigenvalue weighted by molar-refractivity contribution is 0.177. The van der Waals surface area contributed by atoms with Crippen molar-refractivity contribution in [1.29, 1.82) is 0 Å². The van der Waals surface area contributed by atoms with Gasteiger partial charge in [0.15, 0.2) is 17.3 Å². The van der Waals surface area contributed by atoms with E-state index in [4.69, 9.17) is 4.74 Å². The summed E-state index contributed by atoms with van der Waals surface area (Å²) in [6, 6.07) is 7.78. The Balaban J connectivity index is 1.95. The van der Waals surface area contributed by atoms with Crippen LogP contribution in [0.1, 0.15) is 37.2 Å². The van der Waals surface area contributed by atoms with Gasteiger partial charge < -0.3 is 10.1 Å². The number of hydrogen-bond donors (Lipinski definition) is 1.